The van der Waals surface area contributed by atoms with E-state index in [4.69, 9.17) is 5.73 Å². The number of anilines is 1. The lowest BCUT2D eigenvalue weighted by atomic mass is 9.97. The molecular weight excluding hydrogens is 398 g/mol. The summed E-state index contributed by atoms with van der Waals surface area (Å²) in [7, 11) is 0. The summed E-state index contributed by atoms with van der Waals surface area (Å²) < 4.78 is 0. The van der Waals surface area contributed by atoms with Gasteiger partial charge in [0.25, 0.3) is 0 Å². The number of unbranched alkanes of at least 4 members (excludes halogenated alkanes) is 17. The summed E-state index contributed by atoms with van der Waals surface area (Å²) in [5, 5.41) is 0. The van der Waals surface area contributed by atoms with E-state index in [0.717, 1.165) is 12.1 Å². The molecule has 0 saturated heterocycles. The molecule has 2 rings (SSSR count). The van der Waals surface area contributed by atoms with Gasteiger partial charge in [-0.1, -0.05) is 165 Å². The van der Waals surface area contributed by atoms with Crippen LogP contribution in [0.25, 0.3) is 11.1 Å². The second kappa shape index (κ2) is 18.6. The van der Waals surface area contributed by atoms with E-state index in [0.29, 0.717) is 0 Å². The van der Waals surface area contributed by atoms with Crippen LogP contribution in [-0.2, 0) is 6.42 Å². The molecule has 0 aromatic heterocycles. The third-order valence-corrected chi connectivity index (χ3v) is 7.08. The summed E-state index contributed by atoms with van der Waals surface area (Å²) in [6, 6.07) is 17.0. The van der Waals surface area contributed by atoms with Gasteiger partial charge in [-0.3, -0.25) is 0 Å². The minimum Gasteiger partial charge on any atom is -0.398 e. The van der Waals surface area contributed by atoms with Crippen LogP contribution in [0, 0.1) is 0 Å². The standard InChI is InChI=1S/C32H51N/c1-2-3-4-5-6-7-8-9-10-11-12-13-14-15-16-17-18-20-26-30-27-23-28-31(32(30)33)29-24-21-19-22-25-29/h19,21-25,27-28H,2-18,20,26,33H2,1H3. The number of aryl methyl sites for hydroxylation is 1. The number of rotatable bonds is 20. The maximum Gasteiger partial charge on any atom is 0.0426 e. The summed E-state index contributed by atoms with van der Waals surface area (Å²) in [6.45, 7) is 2.30. The van der Waals surface area contributed by atoms with Crippen molar-refractivity contribution < 1.29 is 0 Å². The van der Waals surface area contributed by atoms with Crippen molar-refractivity contribution in [3.8, 4) is 11.1 Å². The molecule has 0 spiro atoms. The molecule has 0 unspecified atom stereocenters. The number of nitrogen functional groups attached to an aromatic ring is 1. The maximum absolute atomic E-state index is 6.49. The van der Waals surface area contributed by atoms with E-state index in [9.17, 15) is 0 Å². The van der Waals surface area contributed by atoms with Gasteiger partial charge >= 0.3 is 0 Å². The van der Waals surface area contributed by atoms with E-state index in [-0.39, 0.29) is 0 Å². The van der Waals surface area contributed by atoms with Crippen LogP contribution in [0.15, 0.2) is 48.5 Å². The molecule has 0 fully saturated rings. The molecular formula is C32H51N. The van der Waals surface area contributed by atoms with Gasteiger partial charge in [0.15, 0.2) is 0 Å². The normalized spacial score (nSPS) is 11.2. The summed E-state index contributed by atoms with van der Waals surface area (Å²) in [5.74, 6) is 0. The van der Waals surface area contributed by atoms with Crippen LogP contribution < -0.4 is 5.73 Å². The first-order chi connectivity index (χ1) is 16.3. The maximum atomic E-state index is 6.49. The summed E-state index contributed by atoms with van der Waals surface area (Å²) in [6.07, 6.45) is 26.7. The van der Waals surface area contributed by atoms with Crippen molar-refractivity contribution in [2.45, 2.75) is 129 Å². The van der Waals surface area contributed by atoms with Crippen molar-refractivity contribution in [1.29, 1.82) is 0 Å². The quantitative estimate of drug-likeness (QED) is 0.158. The van der Waals surface area contributed by atoms with E-state index >= 15 is 0 Å². The van der Waals surface area contributed by atoms with Gasteiger partial charge in [0.2, 0.25) is 0 Å². The lowest BCUT2D eigenvalue weighted by molar-refractivity contribution is 0.525. The number of hydrogen-bond donors (Lipinski definition) is 1. The number of benzene rings is 2. The fourth-order valence-corrected chi connectivity index (χ4v) is 4.92. The van der Waals surface area contributed by atoms with E-state index in [1.807, 2.05) is 0 Å². The molecule has 0 saturated carbocycles. The minimum atomic E-state index is 0.968. The van der Waals surface area contributed by atoms with Crippen molar-refractivity contribution in [3.63, 3.8) is 0 Å². The molecule has 2 aromatic carbocycles. The van der Waals surface area contributed by atoms with Gasteiger partial charge in [-0.25, -0.2) is 0 Å². The Balaban J connectivity index is 1.40. The van der Waals surface area contributed by atoms with Gasteiger partial charge in [0.1, 0.15) is 0 Å². The summed E-state index contributed by atoms with van der Waals surface area (Å²) in [4.78, 5) is 0. The second-order valence-electron chi connectivity index (χ2n) is 10.0. The minimum absolute atomic E-state index is 0.968. The van der Waals surface area contributed by atoms with Gasteiger partial charge < -0.3 is 5.73 Å². The molecule has 0 aliphatic rings. The predicted molar refractivity (Wildman–Crippen MR) is 149 cm³/mol. The average Bonchev–Trinajstić information content (AvgIpc) is 2.85. The SMILES string of the molecule is CCCCCCCCCCCCCCCCCCCCc1cccc(-c2ccccc2)c1N. The van der Waals surface area contributed by atoms with Crippen molar-refractivity contribution in [2.75, 3.05) is 5.73 Å². The molecule has 0 radical (unpaired) electrons. The lowest BCUT2D eigenvalue weighted by Crippen LogP contribution is -1.97. The molecule has 1 nitrogen and oxygen atoms in total. The third kappa shape index (κ3) is 12.3. The molecule has 2 aromatic rings. The Labute approximate surface area is 205 Å². The molecule has 0 amide bonds. The van der Waals surface area contributed by atoms with Crippen molar-refractivity contribution in [1.82, 2.24) is 0 Å². The molecule has 0 aliphatic carbocycles. The monoisotopic (exact) mass is 449 g/mol. The van der Waals surface area contributed by atoms with Crippen LogP contribution >= 0.6 is 0 Å². The molecule has 184 valence electrons. The Morgan fingerprint density at radius 3 is 1.42 bits per heavy atom. The van der Waals surface area contributed by atoms with Crippen molar-refractivity contribution in [2.24, 2.45) is 0 Å². The molecule has 0 atom stereocenters. The topological polar surface area (TPSA) is 26.0 Å². The lowest BCUT2D eigenvalue weighted by Gasteiger charge is -2.11. The van der Waals surface area contributed by atoms with Crippen LogP contribution in [0.3, 0.4) is 0 Å². The van der Waals surface area contributed by atoms with Gasteiger partial charge in [-0.2, -0.15) is 0 Å². The van der Waals surface area contributed by atoms with Crippen molar-refractivity contribution in [3.05, 3.63) is 54.1 Å². The van der Waals surface area contributed by atoms with Crippen LogP contribution in [-0.4, -0.2) is 0 Å². The number of nitrogens with two attached hydrogens (primary N) is 1. The zero-order valence-corrected chi connectivity index (χ0v) is 21.6. The number of hydrogen-bond acceptors (Lipinski definition) is 1. The first kappa shape index (κ1) is 27.5. The highest BCUT2D eigenvalue weighted by Gasteiger charge is 2.06. The Bertz CT molecular complexity index is 706. The highest BCUT2D eigenvalue weighted by Crippen LogP contribution is 2.29. The smallest absolute Gasteiger partial charge is 0.0426 e. The first-order valence-electron chi connectivity index (χ1n) is 14.3. The molecule has 1 heteroatoms. The largest absolute Gasteiger partial charge is 0.398 e. The van der Waals surface area contributed by atoms with Crippen LogP contribution in [0.1, 0.15) is 128 Å². The fraction of sp³-hybridized carbons (Fsp3) is 0.625. The summed E-state index contributed by atoms with van der Waals surface area (Å²) >= 11 is 0. The van der Waals surface area contributed by atoms with Gasteiger partial charge in [-0.15, -0.1) is 0 Å². The molecule has 0 heterocycles. The Morgan fingerprint density at radius 1 is 0.485 bits per heavy atom. The van der Waals surface area contributed by atoms with E-state index in [1.54, 1.807) is 0 Å². The highest BCUT2D eigenvalue weighted by molar-refractivity contribution is 5.78. The Hall–Kier alpha value is -1.76. The Kier molecular flexibility index (Phi) is 15.5. The van der Waals surface area contributed by atoms with Gasteiger partial charge in [0, 0.05) is 11.3 Å². The first-order valence-corrected chi connectivity index (χ1v) is 14.3. The van der Waals surface area contributed by atoms with Crippen molar-refractivity contribution >= 4 is 5.69 Å². The average molecular weight is 450 g/mol. The zero-order valence-electron chi connectivity index (χ0n) is 21.6. The van der Waals surface area contributed by atoms with Gasteiger partial charge in [0.05, 0.1) is 0 Å². The van der Waals surface area contributed by atoms with E-state index < -0.39 is 0 Å². The zero-order chi connectivity index (χ0) is 23.4. The third-order valence-electron chi connectivity index (χ3n) is 7.08. The molecule has 2 N–H and O–H groups in total. The van der Waals surface area contributed by atoms with E-state index in [2.05, 4.69) is 55.5 Å². The Morgan fingerprint density at radius 2 is 0.939 bits per heavy atom. The second-order valence-corrected chi connectivity index (χ2v) is 10.0. The number of para-hydroxylation sites is 1. The molecule has 33 heavy (non-hydrogen) atoms. The van der Waals surface area contributed by atoms with Gasteiger partial charge in [-0.05, 0) is 24.0 Å². The van der Waals surface area contributed by atoms with Crippen LogP contribution in [0.2, 0.25) is 0 Å². The molecule has 0 aliphatic heterocycles. The predicted octanol–water partition coefficient (Wildman–Crippen LogP) is 10.5. The molecule has 0 bridgehead atoms. The van der Waals surface area contributed by atoms with Crippen LogP contribution in [0.4, 0.5) is 5.69 Å². The highest BCUT2D eigenvalue weighted by atomic mass is 14.6. The van der Waals surface area contributed by atoms with E-state index in [1.165, 1.54) is 132 Å². The summed E-state index contributed by atoms with van der Waals surface area (Å²) in [5.41, 5.74) is 11.2. The fourth-order valence-electron chi connectivity index (χ4n) is 4.92. The van der Waals surface area contributed by atoms with Crippen LogP contribution in [0.5, 0.6) is 0 Å².